The molecule has 0 fully saturated rings. The lowest BCUT2D eigenvalue weighted by molar-refractivity contribution is -0.154. The number of nitrogens with zero attached hydrogens (tertiary/aromatic N) is 1. The van der Waals surface area contributed by atoms with E-state index in [2.05, 4.69) is 20.8 Å². The Labute approximate surface area is 102 Å². The summed E-state index contributed by atoms with van der Waals surface area (Å²) in [7, 11) is 1.59. The molecule has 0 bridgehead atoms. The summed E-state index contributed by atoms with van der Waals surface area (Å²) < 4.78 is 13.6. The predicted octanol–water partition coefficient (Wildman–Crippen LogP) is 2.82. The first-order chi connectivity index (χ1) is 7.83. The van der Waals surface area contributed by atoms with Gasteiger partial charge in [-0.1, -0.05) is 26.8 Å². The monoisotopic (exact) mass is 240 g/mol. The summed E-state index contributed by atoms with van der Waals surface area (Å²) in [5.41, 5.74) is 6.79. The Morgan fingerprint density at radius 2 is 2.00 bits per heavy atom. The molecule has 0 amide bonds. The molecule has 1 aromatic carbocycles. The largest absolute Gasteiger partial charge is 0.398 e. The van der Waals surface area contributed by atoms with Crippen LogP contribution in [0.15, 0.2) is 18.2 Å². The van der Waals surface area contributed by atoms with Crippen molar-refractivity contribution in [2.45, 2.75) is 27.3 Å². The Morgan fingerprint density at radius 3 is 2.47 bits per heavy atom. The van der Waals surface area contributed by atoms with Gasteiger partial charge in [0, 0.05) is 17.8 Å². The maximum absolute atomic E-state index is 13.6. The van der Waals surface area contributed by atoms with E-state index in [1.54, 1.807) is 24.3 Å². The van der Waals surface area contributed by atoms with E-state index in [9.17, 15) is 4.39 Å². The zero-order valence-corrected chi connectivity index (χ0v) is 11.0. The summed E-state index contributed by atoms with van der Waals surface area (Å²) in [5, 5.41) is 1.72. The molecular weight excluding hydrogens is 219 g/mol. The highest BCUT2D eigenvalue weighted by Crippen LogP contribution is 2.21. The Hall–Kier alpha value is -1.13. The minimum atomic E-state index is -0.291. The van der Waals surface area contributed by atoms with Crippen LogP contribution in [0.2, 0.25) is 0 Å². The van der Waals surface area contributed by atoms with E-state index in [1.165, 1.54) is 6.07 Å². The minimum Gasteiger partial charge on any atom is -0.398 e. The zero-order chi connectivity index (χ0) is 13.1. The Kier molecular flexibility index (Phi) is 4.48. The van der Waals surface area contributed by atoms with Crippen molar-refractivity contribution in [2.24, 2.45) is 5.41 Å². The molecule has 0 spiro atoms. The van der Waals surface area contributed by atoms with Crippen LogP contribution in [0.3, 0.4) is 0 Å². The summed E-state index contributed by atoms with van der Waals surface area (Å²) in [6.45, 7) is 7.36. The van der Waals surface area contributed by atoms with Crippen molar-refractivity contribution >= 4 is 5.69 Å². The van der Waals surface area contributed by atoms with Gasteiger partial charge in [0.2, 0.25) is 0 Å². The van der Waals surface area contributed by atoms with Crippen molar-refractivity contribution in [1.82, 2.24) is 5.06 Å². The van der Waals surface area contributed by atoms with Gasteiger partial charge in [-0.25, -0.2) is 4.39 Å². The van der Waals surface area contributed by atoms with Crippen molar-refractivity contribution in [3.05, 3.63) is 29.6 Å². The summed E-state index contributed by atoms with van der Waals surface area (Å²) in [6.07, 6.45) is 0. The van der Waals surface area contributed by atoms with Crippen LogP contribution in [0.25, 0.3) is 0 Å². The van der Waals surface area contributed by atoms with Gasteiger partial charge in [0.15, 0.2) is 0 Å². The van der Waals surface area contributed by atoms with Crippen molar-refractivity contribution in [3.8, 4) is 0 Å². The molecule has 0 saturated heterocycles. The van der Waals surface area contributed by atoms with Crippen LogP contribution in [-0.4, -0.2) is 18.7 Å². The normalized spacial score (nSPS) is 12.1. The van der Waals surface area contributed by atoms with E-state index in [1.807, 2.05) is 0 Å². The van der Waals surface area contributed by atoms with Crippen LogP contribution in [0.5, 0.6) is 0 Å². The Morgan fingerprint density at radius 1 is 1.35 bits per heavy atom. The summed E-state index contributed by atoms with van der Waals surface area (Å²) in [4.78, 5) is 5.25. The maximum Gasteiger partial charge on any atom is 0.129 e. The fourth-order valence-electron chi connectivity index (χ4n) is 1.63. The molecule has 3 nitrogen and oxygen atoms in total. The van der Waals surface area contributed by atoms with Crippen molar-refractivity contribution < 1.29 is 9.23 Å². The number of halogens is 1. The lowest BCUT2D eigenvalue weighted by Crippen LogP contribution is -2.32. The molecule has 0 heterocycles. The number of nitrogen functional groups attached to an aromatic ring is 1. The summed E-state index contributed by atoms with van der Waals surface area (Å²) in [6, 6.07) is 4.72. The van der Waals surface area contributed by atoms with Gasteiger partial charge in [0.1, 0.15) is 5.82 Å². The number of benzene rings is 1. The van der Waals surface area contributed by atoms with E-state index >= 15 is 0 Å². The van der Waals surface area contributed by atoms with Gasteiger partial charge in [-0.05, 0) is 17.5 Å². The standard InChI is InChI=1S/C13H21FN2O/c1-13(2,3)9-16(17-4)8-10-11(14)6-5-7-12(10)15/h5-7H,8-9,15H2,1-4H3. The number of hydrogen-bond donors (Lipinski definition) is 1. The Balaban J connectivity index is 2.81. The number of nitrogens with two attached hydrogens (primary N) is 1. The van der Waals surface area contributed by atoms with Gasteiger partial charge in [-0.3, -0.25) is 0 Å². The van der Waals surface area contributed by atoms with E-state index in [-0.39, 0.29) is 11.2 Å². The highest BCUT2D eigenvalue weighted by atomic mass is 19.1. The van der Waals surface area contributed by atoms with E-state index < -0.39 is 0 Å². The van der Waals surface area contributed by atoms with E-state index in [4.69, 9.17) is 10.6 Å². The predicted molar refractivity (Wildman–Crippen MR) is 67.7 cm³/mol. The molecule has 0 saturated carbocycles. The van der Waals surface area contributed by atoms with Crippen molar-refractivity contribution in [3.63, 3.8) is 0 Å². The van der Waals surface area contributed by atoms with Gasteiger partial charge in [-0.15, -0.1) is 0 Å². The van der Waals surface area contributed by atoms with Gasteiger partial charge in [-0.2, -0.15) is 5.06 Å². The lowest BCUT2D eigenvalue weighted by atomic mass is 9.96. The molecule has 17 heavy (non-hydrogen) atoms. The molecule has 2 N–H and O–H groups in total. The second kappa shape index (κ2) is 5.47. The molecule has 0 aliphatic carbocycles. The van der Waals surface area contributed by atoms with Crippen LogP contribution in [-0.2, 0) is 11.4 Å². The number of hydroxylamine groups is 2. The second-order valence-electron chi connectivity index (χ2n) is 5.35. The topological polar surface area (TPSA) is 38.5 Å². The summed E-state index contributed by atoms with van der Waals surface area (Å²) in [5.74, 6) is -0.291. The number of rotatable bonds is 4. The van der Waals surface area contributed by atoms with Crippen LogP contribution in [0, 0.1) is 11.2 Å². The zero-order valence-electron chi connectivity index (χ0n) is 11.0. The first-order valence-electron chi connectivity index (χ1n) is 5.65. The first-order valence-corrected chi connectivity index (χ1v) is 5.65. The molecule has 1 rings (SSSR count). The number of hydrogen-bond acceptors (Lipinski definition) is 3. The highest BCUT2D eigenvalue weighted by Gasteiger charge is 2.18. The second-order valence-corrected chi connectivity index (χ2v) is 5.35. The molecule has 96 valence electrons. The molecule has 0 aliphatic rings. The van der Waals surface area contributed by atoms with Crippen LogP contribution < -0.4 is 5.73 Å². The molecule has 4 heteroatoms. The molecule has 0 atom stereocenters. The SMILES string of the molecule is CON(Cc1c(N)cccc1F)CC(C)(C)C. The van der Waals surface area contributed by atoms with Crippen LogP contribution in [0.4, 0.5) is 10.1 Å². The van der Waals surface area contributed by atoms with Gasteiger partial charge in [0.25, 0.3) is 0 Å². The third-order valence-corrected chi connectivity index (χ3v) is 2.40. The fraction of sp³-hybridized carbons (Fsp3) is 0.538. The molecule has 0 radical (unpaired) electrons. The first kappa shape index (κ1) is 13.9. The molecule has 0 unspecified atom stereocenters. The van der Waals surface area contributed by atoms with Gasteiger partial charge < -0.3 is 10.6 Å². The molecular formula is C13H21FN2O. The fourth-order valence-corrected chi connectivity index (χ4v) is 1.63. The van der Waals surface area contributed by atoms with Crippen LogP contribution in [0.1, 0.15) is 26.3 Å². The van der Waals surface area contributed by atoms with Crippen molar-refractivity contribution in [2.75, 3.05) is 19.4 Å². The van der Waals surface area contributed by atoms with E-state index in [0.717, 1.165) is 0 Å². The highest BCUT2D eigenvalue weighted by molar-refractivity contribution is 5.47. The average Bonchev–Trinajstić information content (AvgIpc) is 2.20. The van der Waals surface area contributed by atoms with Gasteiger partial charge in [0.05, 0.1) is 13.7 Å². The average molecular weight is 240 g/mol. The quantitative estimate of drug-likeness (QED) is 0.649. The van der Waals surface area contributed by atoms with Gasteiger partial charge >= 0.3 is 0 Å². The maximum atomic E-state index is 13.6. The smallest absolute Gasteiger partial charge is 0.129 e. The summed E-state index contributed by atoms with van der Waals surface area (Å²) >= 11 is 0. The lowest BCUT2D eigenvalue weighted by Gasteiger charge is -2.28. The molecule has 0 aromatic heterocycles. The number of anilines is 1. The third-order valence-electron chi connectivity index (χ3n) is 2.40. The van der Waals surface area contributed by atoms with E-state index in [0.29, 0.717) is 24.3 Å². The Bertz CT molecular complexity index is 354. The molecule has 1 aromatic rings. The minimum absolute atomic E-state index is 0.0794. The third kappa shape index (κ3) is 4.32. The van der Waals surface area contributed by atoms with Crippen LogP contribution >= 0.6 is 0 Å². The van der Waals surface area contributed by atoms with Crippen molar-refractivity contribution in [1.29, 1.82) is 0 Å². The molecule has 0 aliphatic heterocycles.